The topological polar surface area (TPSA) is 60.2 Å². The average molecular weight is 341 g/mol. The number of nitro groups is 1. The molecule has 0 aromatic heterocycles. The molecule has 86 valence electrons. The number of rotatable bonds is 3. The molecule has 0 aliphatic carbocycles. The van der Waals surface area contributed by atoms with Crippen LogP contribution >= 0.6 is 22.6 Å². The van der Waals surface area contributed by atoms with Gasteiger partial charge in [0.15, 0.2) is 5.78 Å². The van der Waals surface area contributed by atoms with Crippen molar-refractivity contribution in [1.82, 2.24) is 0 Å². The fourth-order valence-electron chi connectivity index (χ4n) is 1.21. The Morgan fingerprint density at radius 2 is 2.06 bits per heavy atom. The predicted molar refractivity (Wildman–Crippen MR) is 60.8 cm³/mol. The Kier molecular flexibility index (Phi) is 3.89. The van der Waals surface area contributed by atoms with E-state index in [1.54, 1.807) is 0 Å². The summed E-state index contributed by atoms with van der Waals surface area (Å²) in [6, 6.07) is 2.10. The van der Waals surface area contributed by atoms with Crippen LogP contribution in [0.4, 0.5) is 14.5 Å². The monoisotopic (exact) mass is 341 g/mol. The molecule has 0 N–H and O–H groups in total. The summed E-state index contributed by atoms with van der Waals surface area (Å²) in [6.45, 7) is 1.15. The van der Waals surface area contributed by atoms with Gasteiger partial charge in [0.2, 0.25) is 0 Å². The molecule has 0 bridgehead atoms. The van der Waals surface area contributed by atoms with Crippen LogP contribution < -0.4 is 0 Å². The van der Waals surface area contributed by atoms with Gasteiger partial charge < -0.3 is 0 Å². The second kappa shape index (κ2) is 4.81. The van der Waals surface area contributed by atoms with Crippen LogP contribution in [0.15, 0.2) is 12.1 Å². The van der Waals surface area contributed by atoms with Gasteiger partial charge in [-0.05, 0) is 35.6 Å². The maximum atomic E-state index is 12.5. The molecule has 0 saturated heterocycles. The number of Topliss-reactive ketones (excluding diaryl/α,β-unsaturated/α-hetero) is 1. The summed E-state index contributed by atoms with van der Waals surface area (Å²) in [6.07, 6.45) is -2.80. The number of hydrogen-bond donors (Lipinski definition) is 0. The van der Waals surface area contributed by atoms with E-state index in [1.807, 2.05) is 0 Å². The van der Waals surface area contributed by atoms with E-state index < -0.39 is 28.4 Å². The van der Waals surface area contributed by atoms with Gasteiger partial charge in [0.05, 0.1) is 10.5 Å². The third kappa shape index (κ3) is 2.34. The molecule has 16 heavy (non-hydrogen) atoms. The van der Waals surface area contributed by atoms with E-state index in [0.29, 0.717) is 0 Å². The zero-order chi connectivity index (χ0) is 12.5. The number of halogens is 3. The van der Waals surface area contributed by atoms with E-state index >= 15 is 0 Å². The van der Waals surface area contributed by atoms with Crippen molar-refractivity contribution in [1.29, 1.82) is 0 Å². The summed E-state index contributed by atoms with van der Waals surface area (Å²) < 4.78 is 24.8. The molecule has 0 fully saturated rings. The average Bonchev–Trinajstić information content (AvgIpc) is 2.15. The fraction of sp³-hybridized carbons (Fsp3) is 0.222. The number of ketones is 1. The van der Waals surface area contributed by atoms with E-state index in [0.717, 1.165) is 19.1 Å². The Balaban J connectivity index is 3.54. The fourth-order valence-corrected chi connectivity index (χ4v) is 2.11. The first-order valence-corrected chi connectivity index (χ1v) is 5.20. The zero-order valence-corrected chi connectivity index (χ0v) is 10.2. The van der Waals surface area contributed by atoms with E-state index in [-0.39, 0.29) is 9.13 Å². The first-order chi connectivity index (χ1) is 7.36. The molecule has 0 amide bonds. The maximum Gasteiger partial charge on any atom is 0.293 e. The summed E-state index contributed by atoms with van der Waals surface area (Å²) in [4.78, 5) is 21.0. The van der Waals surface area contributed by atoms with Gasteiger partial charge in [-0.3, -0.25) is 14.9 Å². The Bertz CT molecular complexity index is 462. The van der Waals surface area contributed by atoms with Gasteiger partial charge in [0.1, 0.15) is 3.57 Å². The van der Waals surface area contributed by atoms with Crippen LogP contribution in [-0.4, -0.2) is 10.7 Å². The molecule has 0 aliphatic rings. The van der Waals surface area contributed by atoms with Gasteiger partial charge in [-0.25, -0.2) is 8.78 Å². The van der Waals surface area contributed by atoms with Crippen molar-refractivity contribution in [2.24, 2.45) is 0 Å². The molecule has 4 nitrogen and oxygen atoms in total. The normalized spacial score (nSPS) is 10.6. The zero-order valence-electron chi connectivity index (χ0n) is 8.04. The number of nitro benzene ring substituents is 1. The van der Waals surface area contributed by atoms with Crippen molar-refractivity contribution in [2.45, 2.75) is 13.3 Å². The summed E-state index contributed by atoms with van der Waals surface area (Å²) in [7, 11) is 0. The molecular weight excluding hydrogens is 335 g/mol. The minimum Gasteiger partial charge on any atom is -0.294 e. The molecule has 0 atom stereocenters. The first-order valence-electron chi connectivity index (χ1n) is 4.12. The minimum atomic E-state index is -2.80. The van der Waals surface area contributed by atoms with Crippen LogP contribution in [0, 0.1) is 13.7 Å². The number of nitrogens with zero attached hydrogens (tertiary/aromatic N) is 1. The lowest BCUT2D eigenvalue weighted by Crippen LogP contribution is -2.05. The summed E-state index contributed by atoms with van der Waals surface area (Å²) in [5.41, 5.74) is -1.14. The smallest absolute Gasteiger partial charge is 0.293 e. The van der Waals surface area contributed by atoms with Crippen LogP contribution in [0.3, 0.4) is 0 Å². The minimum absolute atomic E-state index is 0.154. The molecule has 0 radical (unpaired) electrons. The lowest BCUT2D eigenvalue weighted by molar-refractivity contribution is -0.386. The number of benzene rings is 1. The Morgan fingerprint density at radius 3 is 2.44 bits per heavy atom. The van der Waals surface area contributed by atoms with Crippen LogP contribution in [0.25, 0.3) is 0 Å². The standard InChI is InChI=1S/C9H6F2INO3/c1-4(14)5-2-3-6(9(10)11)7(12)8(5)13(15)16/h2-3,9H,1H3. The SMILES string of the molecule is CC(=O)c1ccc(C(F)F)c(I)c1[N+](=O)[O-]. The Labute approximate surface area is 103 Å². The molecule has 0 heterocycles. The molecule has 1 aromatic rings. The highest BCUT2D eigenvalue weighted by molar-refractivity contribution is 14.1. The summed E-state index contributed by atoms with van der Waals surface area (Å²) in [5, 5.41) is 10.7. The van der Waals surface area contributed by atoms with Crippen LogP contribution in [0.2, 0.25) is 0 Å². The van der Waals surface area contributed by atoms with Crippen LogP contribution in [-0.2, 0) is 0 Å². The molecular formula is C9H6F2INO3. The largest absolute Gasteiger partial charge is 0.294 e. The first kappa shape index (κ1) is 12.9. The molecule has 0 unspecified atom stereocenters. The van der Waals surface area contributed by atoms with Crippen LogP contribution in [0.1, 0.15) is 29.3 Å². The quantitative estimate of drug-likeness (QED) is 0.367. The molecule has 0 aliphatic heterocycles. The molecule has 1 rings (SSSR count). The Hall–Kier alpha value is -1.12. The van der Waals surface area contributed by atoms with Crippen molar-refractivity contribution < 1.29 is 18.5 Å². The lowest BCUT2D eigenvalue weighted by Gasteiger charge is -2.06. The third-order valence-electron chi connectivity index (χ3n) is 1.94. The number of carbonyl (C=O) groups is 1. The van der Waals surface area contributed by atoms with Crippen molar-refractivity contribution in [3.8, 4) is 0 Å². The van der Waals surface area contributed by atoms with E-state index in [4.69, 9.17) is 0 Å². The lowest BCUT2D eigenvalue weighted by atomic mass is 10.1. The highest BCUT2D eigenvalue weighted by Gasteiger charge is 2.26. The van der Waals surface area contributed by atoms with E-state index in [9.17, 15) is 23.7 Å². The van der Waals surface area contributed by atoms with Crippen LogP contribution in [0.5, 0.6) is 0 Å². The van der Waals surface area contributed by atoms with Gasteiger partial charge in [-0.15, -0.1) is 0 Å². The molecule has 1 aromatic carbocycles. The summed E-state index contributed by atoms with van der Waals surface area (Å²) in [5.74, 6) is -0.523. The third-order valence-corrected chi connectivity index (χ3v) is 3.08. The van der Waals surface area contributed by atoms with Crippen molar-refractivity contribution in [3.63, 3.8) is 0 Å². The van der Waals surface area contributed by atoms with Gasteiger partial charge in [0.25, 0.3) is 12.1 Å². The van der Waals surface area contributed by atoms with E-state index in [2.05, 4.69) is 0 Å². The molecule has 0 saturated carbocycles. The summed E-state index contributed by atoms with van der Waals surface area (Å²) >= 11 is 1.46. The maximum absolute atomic E-state index is 12.5. The van der Waals surface area contributed by atoms with Crippen molar-refractivity contribution in [3.05, 3.63) is 36.9 Å². The second-order valence-corrected chi connectivity index (χ2v) is 4.06. The predicted octanol–water partition coefficient (Wildman–Crippen LogP) is 3.34. The van der Waals surface area contributed by atoms with Gasteiger partial charge in [0, 0.05) is 5.56 Å². The number of hydrogen-bond acceptors (Lipinski definition) is 3. The molecule has 0 spiro atoms. The van der Waals surface area contributed by atoms with E-state index in [1.165, 1.54) is 22.6 Å². The number of alkyl halides is 2. The van der Waals surface area contributed by atoms with Gasteiger partial charge in [-0.2, -0.15) is 0 Å². The van der Waals surface area contributed by atoms with Crippen molar-refractivity contribution >= 4 is 34.1 Å². The molecule has 7 heteroatoms. The van der Waals surface area contributed by atoms with Gasteiger partial charge >= 0.3 is 0 Å². The van der Waals surface area contributed by atoms with Crippen molar-refractivity contribution in [2.75, 3.05) is 0 Å². The Morgan fingerprint density at radius 1 is 1.50 bits per heavy atom. The van der Waals surface area contributed by atoms with Gasteiger partial charge in [-0.1, -0.05) is 6.07 Å². The highest BCUT2D eigenvalue weighted by Crippen LogP contribution is 2.33. The second-order valence-electron chi connectivity index (χ2n) is 2.98. The highest BCUT2D eigenvalue weighted by atomic mass is 127. The number of carbonyl (C=O) groups excluding carboxylic acids is 1.